The first-order valence-corrected chi connectivity index (χ1v) is 10.6. The van der Waals surface area contributed by atoms with E-state index in [1.165, 1.54) is 25.7 Å². The number of piperidine rings is 1. The van der Waals surface area contributed by atoms with Gasteiger partial charge in [0, 0.05) is 48.5 Å². The average molecular weight is 400 g/mol. The van der Waals surface area contributed by atoms with Crippen LogP contribution in [-0.2, 0) is 0 Å². The van der Waals surface area contributed by atoms with E-state index in [9.17, 15) is 0 Å². The van der Waals surface area contributed by atoms with E-state index in [-0.39, 0.29) is 0 Å². The highest BCUT2D eigenvalue weighted by atomic mass is 15.3. The van der Waals surface area contributed by atoms with E-state index in [1.54, 1.807) is 6.20 Å². The number of benzene rings is 1. The molecule has 30 heavy (non-hydrogen) atoms. The van der Waals surface area contributed by atoms with Crippen LogP contribution in [0.15, 0.2) is 48.9 Å². The third-order valence-corrected chi connectivity index (χ3v) is 6.63. The second-order valence-electron chi connectivity index (χ2n) is 8.39. The van der Waals surface area contributed by atoms with Gasteiger partial charge in [-0.25, -0.2) is 4.68 Å². The minimum absolute atomic E-state index is 0.526. The van der Waals surface area contributed by atoms with Crippen molar-refractivity contribution in [3.63, 3.8) is 0 Å². The number of rotatable bonds is 4. The van der Waals surface area contributed by atoms with Crippen molar-refractivity contribution in [1.29, 1.82) is 0 Å². The molecule has 2 saturated heterocycles. The molecule has 2 aliphatic heterocycles. The van der Waals surface area contributed by atoms with Crippen molar-refractivity contribution in [2.45, 2.75) is 43.8 Å². The first-order valence-electron chi connectivity index (χ1n) is 10.6. The van der Waals surface area contributed by atoms with E-state index in [1.807, 2.05) is 29.2 Å². The summed E-state index contributed by atoms with van der Waals surface area (Å²) >= 11 is 0. The standard InChI is InChI=1S/C22H24N8/c1-29(16-11-14-3-4-15(12-16)25-14)21-8-6-19(26-27-21)17-5-7-20(30-10-2-9-24-30)22-18(17)13-23-28-22/h2,5-10,13-16,25H,3-4,11-12H2,1H3,(H,23,28)/t14-,15+,16?. The Morgan fingerprint density at radius 2 is 1.93 bits per heavy atom. The highest BCUT2D eigenvalue weighted by molar-refractivity contribution is 5.97. The number of aromatic nitrogens is 6. The first-order chi connectivity index (χ1) is 14.8. The number of H-pyrrole nitrogens is 1. The van der Waals surface area contributed by atoms with Crippen molar-refractivity contribution in [3.05, 3.63) is 48.9 Å². The van der Waals surface area contributed by atoms with Gasteiger partial charge in [-0.15, -0.1) is 10.2 Å². The Kier molecular flexibility index (Phi) is 4.05. The van der Waals surface area contributed by atoms with E-state index >= 15 is 0 Å². The summed E-state index contributed by atoms with van der Waals surface area (Å²) in [6.45, 7) is 0. The van der Waals surface area contributed by atoms with E-state index in [0.717, 1.165) is 33.7 Å². The molecule has 152 valence electrons. The van der Waals surface area contributed by atoms with E-state index in [0.29, 0.717) is 18.1 Å². The maximum Gasteiger partial charge on any atom is 0.151 e. The fourth-order valence-electron chi connectivity index (χ4n) is 5.03. The molecule has 1 aromatic carbocycles. The molecule has 0 saturated carbocycles. The zero-order chi connectivity index (χ0) is 20.1. The fraction of sp³-hybridized carbons (Fsp3) is 0.364. The predicted octanol–water partition coefficient (Wildman–Crippen LogP) is 2.92. The van der Waals surface area contributed by atoms with Gasteiger partial charge in [-0.3, -0.25) is 5.10 Å². The fourth-order valence-corrected chi connectivity index (χ4v) is 5.03. The van der Waals surface area contributed by atoms with Crippen molar-refractivity contribution in [3.8, 4) is 16.9 Å². The van der Waals surface area contributed by atoms with Crippen LogP contribution in [-0.4, -0.2) is 55.3 Å². The van der Waals surface area contributed by atoms with E-state index in [4.69, 9.17) is 0 Å². The first kappa shape index (κ1) is 17.6. The molecule has 2 aliphatic rings. The highest BCUT2D eigenvalue weighted by Gasteiger charge is 2.35. The third kappa shape index (κ3) is 2.87. The van der Waals surface area contributed by atoms with Crippen LogP contribution in [0.25, 0.3) is 27.8 Å². The van der Waals surface area contributed by atoms with Gasteiger partial charge in [0.1, 0.15) is 0 Å². The second kappa shape index (κ2) is 6.91. The van der Waals surface area contributed by atoms with Gasteiger partial charge in [0.2, 0.25) is 0 Å². The summed E-state index contributed by atoms with van der Waals surface area (Å²) in [5, 5.41) is 25.6. The molecule has 8 nitrogen and oxygen atoms in total. The summed E-state index contributed by atoms with van der Waals surface area (Å²) in [7, 11) is 2.15. The van der Waals surface area contributed by atoms with Gasteiger partial charge in [0.15, 0.2) is 5.82 Å². The summed E-state index contributed by atoms with van der Waals surface area (Å²) in [5.41, 5.74) is 3.75. The molecule has 3 atom stereocenters. The Labute approximate surface area is 174 Å². The molecule has 0 amide bonds. The summed E-state index contributed by atoms with van der Waals surface area (Å²) in [5.74, 6) is 0.932. The number of hydrogen-bond donors (Lipinski definition) is 2. The smallest absolute Gasteiger partial charge is 0.151 e. The Morgan fingerprint density at radius 1 is 1.07 bits per heavy atom. The van der Waals surface area contributed by atoms with Crippen LogP contribution < -0.4 is 10.2 Å². The maximum atomic E-state index is 4.57. The lowest BCUT2D eigenvalue weighted by Crippen LogP contribution is -2.47. The lowest BCUT2D eigenvalue weighted by Gasteiger charge is -2.36. The van der Waals surface area contributed by atoms with Crippen LogP contribution in [0.2, 0.25) is 0 Å². The summed E-state index contributed by atoms with van der Waals surface area (Å²) in [6.07, 6.45) is 10.5. The van der Waals surface area contributed by atoms with Crippen LogP contribution in [0.5, 0.6) is 0 Å². The molecule has 0 radical (unpaired) electrons. The number of anilines is 1. The van der Waals surface area contributed by atoms with Crippen molar-refractivity contribution in [2.75, 3.05) is 11.9 Å². The topological polar surface area (TPSA) is 87.6 Å². The molecule has 6 rings (SSSR count). The minimum Gasteiger partial charge on any atom is -0.355 e. The van der Waals surface area contributed by atoms with Crippen LogP contribution >= 0.6 is 0 Å². The Morgan fingerprint density at radius 3 is 2.67 bits per heavy atom. The summed E-state index contributed by atoms with van der Waals surface area (Å²) < 4.78 is 1.83. The van der Waals surface area contributed by atoms with Gasteiger partial charge in [-0.1, -0.05) is 0 Å². The molecular weight excluding hydrogens is 376 g/mol. The van der Waals surface area contributed by atoms with Gasteiger partial charge in [-0.05, 0) is 56.0 Å². The summed E-state index contributed by atoms with van der Waals surface area (Å²) in [4.78, 5) is 2.30. The molecule has 5 heterocycles. The van der Waals surface area contributed by atoms with Crippen LogP contribution in [0.3, 0.4) is 0 Å². The highest BCUT2D eigenvalue weighted by Crippen LogP contribution is 2.32. The second-order valence-corrected chi connectivity index (χ2v) is 8.39. The van der Waals surface area contributed by atoms with Crippen molar-refractivity contribution < 1.29 is 0 Å². The quantitative estimate of drug-likeness (QED) is 0.548. The number of fused-ring (bicyclic) bond motifs is 3. The molecule has 8 heteroatoms. The average Bonchev–Trinajstić information content (AvgIpc) is 3.54. The number of aromatic amines is 1. The molecule has 4 aromatic rings. The zero-order valence-corrected chi connectivity index (χ0v) is 16.9. The number of nitrogens with one attached hydrogen (secondary N) is 2. The Hall–Kier alpha value is -3.26. The largest absolute Gasteiger partial charge is 0.355 e. The SMILES string of the molecule is CN(c1ccc(-c2ccc(-n3cccn3)c3[nH]ncc23)nn1)C1C[C@H]2CC[C@@H](C1)N2. The molecular formula is C22H24N8. The zero-order valence-electron chi connectivity index (χ0n) is 16.9. The van der Waals surface area contributed by atoms with E-state index in [2.05, 4.69) is 61.0 Å². The van der Waals surface area contributed by atoms with Crippen LogP contribution in [0, 0.1) is 0 Å². The monoisotopic (exact) mass is 400 g/mol. The van der Waals surface area contributed by atoms with Crippen LogP contribution in [0.1, 0.15) is 25.7 Å². The van der Waals surface area contributed by atoms with Gasteiger partial charge in [0.05, 0.1) is 23.1 Å². The molecule has 0 aliphatic carbocycles. The van der Waals surface area contributed by atoms with Crippen molar-refractivity contribution in [1.82, 2.24) is 35.5 Å². The Balaban J connectivity index is 1.30. The lowest BCUT2D eigenvalue weighted by atomic mass is 9.98. The van der Waals surface area contributed by atoms with Gasteiger partial charge >= 0.3 is 0 Å². The van der Waals surface area contributed by atoms with Gasteiger partial charge < -0.3 is 10.2 Å². The molecule has 2 fully saturated rings. The molecule has 3 aromatic heterocycles. The van der Waals surface area contributed by atoms with Gasteiger partial charge in [-0.2, -0.15) is 10.2 Å². The Bertz CT molecular complexity index is 1150. The lowest BCUT2D eigenvalue weighted by molar-refractivity contribution is 0.353. The minimum atomic E-state index is 0.526. The third-order valence-electron chi connectivity index (χ3n) is 6.63. The molecule has 0 spiro atoms. The van der Waals surface area contributed by atoms with E-state index < -0.39 is 0 Å². The molecule has 1 unspecified atom stereocenters. The number of hydrogen-bond acceptors (Lipinski definition) is 6. The molecule has 2 N–H and O–H groups in total. The normalized spacial score (nSPS) is 23.2. The van der Waals surface area contributed by atoms with Crippen molar-refractivity contribution >= 4 is 16.7 Å². The molecule has 2 bridgehead atoms. The number of nitrogens with zero attached hydrogens (tertiary/aromatic N) is 6. The van der Waals surface area contributed by atoms with Gasteiger partial charge in [0.25, 0.3) is 0 Å². The van der Waals surface area contributed by atoms with Crippen LogP contribution in [0.4, 0.5) is 5.82 Å². The maximum absolute atomic E-state index is 4.57. The summed E-state index contributed by atoms with van der Waals surface area (Å²) in [6, 6.07) is 12.0. The van der Waals surface area contributed by atoms with Crippen molar-refractivity contribution in [2.24, 2.45) is 0 Å². The predicted molar refractivity (Wildman–Crippen MR) is 116 cm³/mol.